The summed E-state index contributed by atoms with van der Waals surface area (Å²) in [5.41, 5.74) is 10.6. The fourth-order valence-corrected chi connectivity index (χ4v) is 3.86. The van der Waals surface area contributed by atoms with Crippen LogP contribution in [0.3, 0.4) is 0 Å². The third kappa shape index (κ3) is 4.53. The van der Waals surface area contributed by atoms with Gasteiger partial charge in [0.15, 0.2) is 0 Å². The van der Waals surface area contributed by atoms with Crippen LogP contribution in [0.1, 0.15) is 50.5 Å². The Hall–Kier alpha value is -3.02. The second-order valence-electron chi connectivity index (χ2n) is 7.62. The highest BCUT2D eigenvalue weighted by Gasteiger charge is 2.19. The van der Waals surface area contributed by atoms with Crippen LogP contribution in [0, 0.1) is 0 Å². The quantitative estimate of drug-likeness (QED) is 0.589. The highest BCUT2D eigenvalue weighted by Crippen LogP contribution is 2.37. The molecule has 3 N–H and O–H groups in total. The molecule has 2 aliphatic rings. The Kier molecular flexibility index (Phi) is 5.98. The zero-order chi connectivity index (χ0) is 20.1. The Balaban J connectivity index is 0.000000249. The number of anilines is 2. The van der Waals surface area contributed by atoms with E-state index in [4.69, 9.17) is 10.5 Å². The van der Waals surface area contributed by atoms with E-state index < -0.39 is 0 Å². The van der Waals surface area contributed by atoms with E-state index in [1.807, 2.05) is 25.2 Å². The maximum atomic E-state index is 5.78. The molecule has 5 rings (SSSR count). The van der Waals surface area contributed by atoms with E-state index in [1.54, 1.807) is 17.1 Å². The molecule has 2 aromatic heterocycles. The molecule has 0 bridgehead atoms. The Bertz CT molecular complexity index is 946. The predicted molar refractivity (Wildman–Crippen MR) is 117 cm³/mol. The maximum absolute atomic E-state index is 5.78. The first-order chi connectivity index (χ1) is 14.2. The van der Waals surface area contributed by atoms with Crippen LogP contribution in [0.5, 0.6) is 5.88 Å². The van der Waals surface area contributed by atoms with Gasteiger partial charge in [-0.15, -0.1) is 0 Å². The van der Waals surface area contributed by atoms with Crippen LogP contribution in [0.25, 0.3) is 16.8 Å². The largest absolute Gasteiger partial charge is 0.472 e. The second kappa shape index (κ2) is 8.99. The first-order valence-electron chi connectivity index (χ1n) is 10.5. The van der Waals surface area contributed by atoms with E-state index in [2.05, 4.69) is 27.5 Å². The molecule has 1 aromatic carbocycles. The number of hydrogen-bond acceptors (Lipinski definition) is 5. The lowest BCUT2D eigenvalue weighted by atomic mass is 9.98. The van der Waals surface area contributed by atoms with Crippen LogP contribution < -0.4 is 15.8 Å². The Morgan fingerprint density at radius 1 is 0.966 bits per heavy atom. The zero-order valence-electron chi connectivity index (χ0n) is 17.0. The average Bonchev–Trinajstić information content (AvgIpc) is 3.00. The first-order valence-corrected chi connectivity index (χ1v) is 10.5. The van der Waals surface area contributed by atoms with E-state index in [1.165, 1.54) is 44.9 Å². The van der Waals surface area contributed by atoms with E-state index >= 15 is 0 Å². The van der Waals surface area contributed by atoms with Gasteiger partial charge in [-0.05, 0) is 35.4 Å². The van der Waals surface area contributed by atoms with Gasteiger partial charge in [0.05, 0.1) is 23.8 Å². The molecule has 6 heteroatoms. The van der Waals surface area contributed by atoms with Crippen LogP contribution in [0.15, 0.2) is 42.7 Å². The minimum atomic E-state index is 0.493. The Labute approximate surface area is 172 Å². The molecular formula is C23H29N5O. The molecule has 6 nitrogen and oxygen atoms in total. The van der Waals surface area contributed by atoms with Gasteiger partial charge in [0, 0.05) is 12.6 Å². The standard InChI is InChI=1S/C16H15N5O.C7H14/c1-18-15-5-4-14-13-3-2-12(21-8-11(17)7-19-21)6-10(13)9-22-16(14)20-15;1-2-4-6-7-5-3-1/h2-8H,9,17H2,1H3,(H,18,20);1-7H2. The minimum absolute atomic E-state index is 0.493. The number of fused-ring (bicyclic) bond motifs is 3. The summed E-state index contributed by atoms with van der Waals surface area (Å²) in [4.78, 5) is 4.45. The van der Waals surface area contributed by atoms with Crippen LogP contribution >= 0.6 is 0 Å². The summed E-state index contributed by atoms with van der Waals surface area (Å²) in [6.07, 6.45) is 13.9. The number of nitrogens with zero attached hydrogens (tertiary/aromatic N) is 3. The maximum Gasteiger partial charge on any atom is 0.223 e. The number of aromatic nitrogens is 3. The molecule has 0 spiro atoms. The van der Waals surface area contributed by atoms with Gasteiger partial charge >= 0.3 is 0 Å². The van der Waals surface area contributed by atoms with E-state index in [9.17, 15) is 0 Å². The van der Waals surface area contributed by atoms with Crippen LogP contribution in [-0.4, -0.2) is 21.8 Å². The molecule has 0 amide bonds. The topological polar surface area (TPSA) is 78.0 Å². The molecule has 1 aliphatic heterocycles. The summed E-state index contributed by atoms with van der Waals surface area (Å²) in [7, 11) is 1.84. The van der Waals surface area contributed by atoms with Crippen LogP contribution in [0.4, 0.5) is 11.5 Å². The number of benzene rings is 1. The van der Waals surface area contributed by atoms with Crippen molar-refractivity contribution >= 4 is 11.5 Å². The lowest BCUT2D eigenvalue weighted by molar-refractivity contribution is 0.290. The van der Waals surface area contributed by atoms with Crippen molar-refractivity contribution in [2.45, 2.75) is 51.6 Å². The van der Waals surface area contributed by atoms with Crippen molar-refractivity contribution in [1.29, 1.82) is 0 Å². The van der Waals surface area contributed by atoms with Gasteiger partial charge in [-0.25, -0.2) is 4.68 Å². The normalized spacial score (nSPS) is 15.1. The molecule has 3 aromatic rings. The number of nitrogens with one attached hydrogen (secondary N) is 1. The van der Waals surface area contributed by atoms with Crippen molar-refractivity contribution in [2.24, 2.45) is 0 Å². The van der Waals surface area contributed by atoms with Crippen LogP contribution in [-0.2, 0) is 6.61 Å². The van der Waals surface area contributed by atoms with Gasteiger partial charge < -0.3 is 15.8 Å². The smallest absolute Gasteiger partial charge is 0.223 e. The lowest BCUT2D eigenvalue weighted by Gasteiger charge is -2.21. The molecular weight excluding hydrogens is 362 g/mol. The molecule has 152 valence electrons. The molecule has 0 saturated heterocycles. The Morgan fingerprint density at radius 2 is 1.66 bits per heavy atom. The fourth-order valence-electron chi connectivity index (χ4n) is 3.86. The molecule has 3 heterocycles. The summed E-state index contributed by atoms with van der Waals surface area (Å²) < 4.78 is 7.54. The van der Waals surface area contributed by atoms with Crippen LogP contribution in [0.2, 0.25) is 0 Å². The van der Waals surface area contributed by atoms with Crippen molar-refractivity contribution in [3.8, 4) is 22.7 Å². The third-order valence-electron chi connectivity index (χ3n) is 5.48. The number of ether oxygens (including phenoxy) is 1. The highest BCUT2D eigenvalue weighted by molar-refractivity contribution is 5.75. The van der Waals surface area contributed by atoms with Gasteiger partial charge in [-0.1, -0.05) is 51.0 Å². The molecule has 0 atom stereocenters. The fraction of sp³-hybridized carbons (Fsp3) is 0.391. The van der Waals surface area contributed by atoms with Crippen molar-refractivity contribution < 1.29 is 4.74 Å². The summed E-state index contributed by atoms with van der Waals surface area (Å²) in [6, 6.07) is 10.1. The van der Waals surface area contributed by atoms with Crippen molar-refractivity contribution in [3.05, 3.63) is 48.3 Å². The number of nitrogens with two attached hydrogens (primary N) is 1. The molecule has 1 fully saturated rings. The van der Waals surface area contributed by atoms with Crippen molar-refractivity contribution in [3.63, 3.8) is 0 Å². The van der Waals surface area contributed by atoms with Crippen molar-refractivity contribution in [2.75, 3.05) is 18.1 Å². The van der Waals surface area contributed by atoms with E-state index in [-0.39, 0.29) is 0 Å². The minimum Gasteiger partial charge on any atom is -0.472 e. The predicted octanol–water partition coefficient (Wildman–Crippen LogP) is 5.18. The molecule has 0 unspecified atom stereocenters. The van der Waals surface area contributed by atoms with Gasteiger partial charge in [0.1, 0.15) is 12.4 Å². The van der Waals surface area contributed by atoms with Gasteiger partial charge in [0.2, 0.25) is 5.88 Å². The van der Waals surface area contributed by atoms with Gasteiger partial charge in [-0.2, -0.15) is 10.1 Å². The summed E-state index contributed by atoms with van der Waals surface area (Å²) >= 11 is 0. The molecule has 1 saturated carbocycles. The summed E-state index contributed by atoms with van der Waals surface area (Å²) in [5.74, 6) is 1.46. The van der Waals surface area contributed by atoms with Crippen molar-refractivity contribution in [1.82, 2.24) is 14.8 Å². The average molecular weight is 392 g/mol. The summed E-state index contributed by atoms with van der Waals surface area (Å²) in [6.45, 7) is 0.493. The molecule has 0 radical (unpaired) electrons. The van der Waals surface area contributed by atoms with Gasteiger partial charge in [-0.3, -0.25) is 0 Å². The monoisotopic (exact) mass is 391 g/mol. The third-order valence-corrected chi connectivity index (χ3v) is 5.48. The zero-order valence-corrected chi connectivity index (χ0v) is 17.0. The molecule has 1 aliphatic carbocycles. The van der Waals surface area contributed by atoms with E-state index in [0.29, 0.717) is 18.2 Å². The first kappa shape index (κ1) is 19.3. The molecule has 29 heavy (non-hydrogen) atoms. The summed E-state index contributed by atoms with van der Waals surface area (Å²) in [5, 5.41) is 7.25. The number of hydrogen-bond donors (Lipinski definition) is 2. The number of rotatable bonds is 2. The number of pyridine rings is 1. The van der Waals surface area contributed by atoms with E-state index in [0.717, 1.165) is 28.2 Å². The Morgan fingerprint density at radius 3 is 2.28 bits per heavy atom. The SMILES string of the molecule is C1CCCCCC1.CNc1ccc2c(n1)OCc1cc(-n3cc(N)cn3)ccc1-2. The lowest BCUT2D eigenvalue weighted by Crippen LogP contribution is -2.09. The van der Waals surface area contributed by atoms with Gasteiger partial charge in [0.25, 0.3) is 0 Å². The number of nitrogen functional groups attached to an aromatic ring is 1. The second-order valence-corrected chi connectivity index (χ2v) is 7.62. The highest BCUT2D eigenvalue weighted by atomic mass is 16.5.